The van der Waals surface area contributed by atoms with Crippen molar-refractivity contribution in [2.75, 3.05) is 16.7 Å². The molecule has 3 aromatic rings. The number of para-hydroxylation sites is 1. The first-order valence-electron chi connectivity index (χ1n) is 9.23. The maximum atomic E-state index is 13.1. The minimum Gasteiger partial charge on any atom is -0.322 e. The van der Waals surface area contributed by atoms with Crippen molar-refractivity contribution in [1.29, 1.82) is 0 Å². The van der Waals surface area contributed by atoms with E-state index < -0.39 is 10.0 Å². The smallest absolute Gasteiger partial charge is 0.264 e. The van der Waals surface area contributed by atoms with Gasteiger partial charge in [0.25, 0.3) is 15.9 Å². The molecule has 0 aliphatic rings. The Labute approximate surface area is 172 Å². The average Bonchev–Trinajstić information content (AvgIpc) is 2.70. The van der Waals surface area contributed by atoms with Gasteiger partial charge in [-0.05, 0) is 68.3 Å². The van der Waals surface area contributed by atoms with Gasteiger partial charge >= 0.3 is 0 Å². The standard InChI is InChI=1S/C23H24N2O3S/c1-16-9-13-20(14-10-16)29(27,28)25(4)22-8-6-5-7-21(22)23(26)24-19-12-11-17(2)18(3)15-19/h5-15H,1-4H3,(H,24,26). The van der Waals surface area contributed by atoms with Crippen LogP contribution in [0.1, 0.15) is 27.0 Å². The zero-order valence-corrected chi connectivity index (χ0v) is 17.7. The molecule has 0 aliphatic carbocycles. The zero-order valence-electron chi connectivity index (χ0n) is 16.9. The summed E-state index contributed by atoms with van der Waals surface area (Å²) >= 11 is 0. The lowest BCUT2D eigenvalue weighted by Crippen LogP contribution is -2.29. The van der Waals surface area contributed by atoms with Gasteiger partial charge in [-0.15, -0.1) is 0 Å². The molecule has 150 valence electrons. The Morgan fingerprint density at radius 3 is 2.17 bits per heavy atom. The minimum atomic E-state index is -3.80. The number of hydrogen-bond donors (Lipinski definition) is 1. The molecular formula is C23H24N2O3S. The summed E-state index contributed by atoms with van der Waals surface area (Å²) in [5.41, 5.74) is 4.43. The van der Waals surface area contributed by atoms with Gasteiger partial charge in [0.15, 0.2) is 0 Å². The number of nitrogens with zero attached hydrogens (tertiary/aromatic N) is 1. The van der Waals surface area contributed by atoms with Crippen LogP contribution in [0.15, 0.2) is 71.6 Å². The summed E-state index contributed by atoms with van der Waals surface area (Å²) in [5, 5.41) is 2.86. The van der Waals surface area contributed by atoms with E-state index in [0.717, 1.165) is 21.0 Å². The summed E-state index contributed by atoms with van der Waals surface area (Å²) in [6.45, 7) is 5.87. The first-order valence-corrected chi connectivity index (χ1v) is 10.7. The molecule has 0 heterocycles. The number of rotatable bonds is 5. The van der Waals surface area contributed by atoms with Crippen LogP contribution in [-0.4, -0.2) is 21.4 Å². The monoisotopic (exact) mass is 408 g/mol. The first-order chi connectivity index (χ1) is 13.7. The SMILES string of the molecule is Cc1ccc(S(=O)(=O)N(C)c2ccccc2C(=O)Nc2ccc(C)c(C)c2)cc1. The van der Waals surface area contributed by atoms with Crippen LogP contribution in [0, 0.1) is 20.8 Å². The maximum absolute atomic E-state index is 13.1. The fourth-order valence-corrected chi connectivity index (χ4v) is 4.17. The summed E-state index contributed by atoms with van der Waals surface area (Å²) in [5.74, 6) is -0.366. The lowest BCUT2D eigenvalue weighted by molar-refractivity contribution is 0.102. The van der Waals surface area contributed by atoms with E-state index in [2.05, 4.69) is 5.32 Å². The highest BCUT2D eigenvalue weighted by atomic mass is 32.2. The van der Waals surface area contributed by atoms with Crippen LogP contribution in [0.4, 0.5) is 11.4 Å². The number of anilines is 2. The van der Waals surface area contributed by atoms with Crippen molar-refractivity contribution >= 4 is 27.3 Å². The Hall–Kier alpha value is -3.12. The van der Waals surface area contributed by atoms with Crippen molar-refractivity contribution in [3.63, 3.8) is 0 Å². The number of amides is 1. The molecule has 3 rings (SSSR count). The van der Waals surface area contributed by atoms with Crippen LogP contribution in [-0.2, 0) is 10.0 Å². The molecule has 0 aliphatic heterocycles. The molecule has 0 saturated heterocycles. The highest BCUT2D eigenvalue weighted by Crippen LogP contribution is 2.27. The third-order valence-electron chi connectivity index (χ3n) is 4.93. The molecule has 29 heavy (non-hydrogen) atoms. The van der Waals surface area contributed by atoms with Crippen molar-refractivity contribution in [2.24, 2.45) is 0 Å². The number of sulfonamides is 1. The van der Waals surface area contributed by atoms with Gasteiger partial charge in [-0.1, -0.05) is 35.9 Å². The Morgan fingerprint density at radius 2 is 1.52 bits per heavy atom. The zero-order chi connectivity index (χ0) is 21.2. The molecule has 3 aromatic carbocycles. The molecule has 0 fully saturated rings. The van der Waals surface area contributed by atoms with Crippen molar-refractivity contribution in [1.82, 2.24) is 0 Å². The van der Waals surface area contributed by atoms with Crippen LogP contribution in [0.5, 0.6) is 0 Å². The first kappa shape index (κ1) is 20.6. The van der Waals surface area contributed by atoms with Crippen LogP contribution >= 0.6 is 0 Å². The van der Waals surface area contributed by atoms with Gasteiger partial charge in [0, 0.05) is 12.7 Å². The van der Waals surface area contributed by atoms with Gasteiger partial charge in [0.1, 0.15) is 0 Å². The highest BCUT2D eigenvalue weighted by Gasteiger charge is 2.25. The van der Waals surface area contributed by atoms with Crippen molar-refractivity contribution in [3.05, 3.63) is 89.0 Å². The average molecular weight is 409 g/mol. The van der Waals surface area contributed by atoms with Crippen LogP contribution in [0.25, 0.3) is 0 Å². The van der Waals surface area contributed by atoms with Crippen LogP contribution in [0.3, 0.4) is 0 Å². The molecule has 1 amide bonds. The highest BCUT2D eigenvalue weighted by molar-refractivity contribution is 7.92. The predicted molar refractivity (Wildman–Crippen MR) is 117 cm³/mol. The van der Waals surface area contributed by atoms with Crippen molar-refractivity contribution in [3.8, 4) is 0 Å². The van der Waals surface area contributed by atoms with Gasteiger partial charge in [0.2, 0.25) is 0 Å². The molecule has 1 N–H and O–H groups in total. The second kappa shape index (κ2) is 8.09. The third kappa shape index (κ3) is 4.32. The molecule has 0 radical (unpaired) electrons. The van der Waals surface area contributed by atoms with Gasteiger partial charge in [-0.3, -0.25) is 9.10 Å². The van der Waals surface area contributed by atoms with E-state index in [4.69, 9.17) is 0 Å². The number of carbonyl (C=O) groups excluding carboxylic acids is 1. The molecule has 0 bridgehead atoms. The normalized spacial score (nSPS) is 11.2. The number of carbonyl (C=O) groups is 1. The van der Waals surface area contributed by atoms with E-state index in [1.807, 2.05) is 39.0 Å². The predicted octanol–water partition coefficient (Wildman–Crippen LogP) is 4.69. The molecule has 5 nitrogen and oxygen atoms in total. The van der Waals surface area contributed by atoms with E-state index in [1.54, 1.807) is 48.5 Å². The van der Waals surface area contributed by atoms with Gasteiger partial charge in [-0.2, -0.15) is 0 Å². The fourth-order valence-electron chi connectivity index (χ4n) is 2.96. The molecule has 0 atom stereocenters. The minimum absolute atomic E-state index is 0.176. The fraction of sp³-hybridized carbons (Fsp3) is 0.174. The summed E-state index contributed by atoms with van der Waals surface area (Å²) in [6.07, 6.45) is 0. The summed E-state index contributed by atoms with van der Waals surface area (Å²) in [4.78, 5) is 13.1. The number of benzene rings is 3. The van der Waals surface area contributed by atoms with Crippen molar-refractivity contribution < 1.29 is 13.2 Å². The molecule has 0 aromatic heterocycles. The van der Waals surface area contributed by atoms with Crippen LogP contribution < -0.4 is 9.62 Å². The summed E-state index contributed by atoms with van der Waals surface area (Å²) in [7, 11) is -2.34. The summed E-state index contributed by atoms with van der Waals surface area (Å²) < 4.78 is 27.3. The topological polar surface area (TPSA) is 66.5 Å². The van der Waals surface area contributed by atoms with E-state index >= 15 is 0 Å². The molecule has 6 heteroatoms. The third-order valence-corrected chi connectivity index (χ3v) is 6.72. The van der Waals surface area contributed by atoms with E-state index in [1.165, 1.54) is 7.05 Å². The lowest BCUT2D eigenvalue weighted by Gasteiger charge is -2.22. The van der Waals surface area contributed by atoms with Gasteiger partial charge < -0.3 is 5.32 Å². The van der Waals surface area contributed by atoms with Crippen LogP contribution in [0.2, 0.25) is 0 Å². The molecule has 0 saturated carbocycles. The molecule has 0 spiro atoms. The summed E-state index contributed by atoms with van der Waals surface area (Å²) in [6, 6.07) is 19.0. The van der Waals surface area contributed by atoms with Crippen molar-refractivity contribution in [2.45, 2.75) is 25.7 Å². The van der Waals surface area contributed by atoms with E-state index in [0.29, 0.717) is 11.4 Å². The van der Waals surface area contributed by atoms with Gasteiger partial charge in [0.05, 0.1) is 16.1 Å². The quantitative estimate of drug-likeness (QED) is 0.666. The number of aryl methyl sites for hydroxylation is 3. The Kier molecular flexibility index (Phi) is 5.75. The number of nitrogens with one attached hydrogen (secondary N) is 1. The molecular weight excluding hydrogens is 384 g/mol. The largest absolute Gasteiger partial charge is 0.322 e. The second-order valence-electron chi connectivity index (χ2n) is 7.06. The van der Waals surface area contributed by atoms with E-state index in [-0.39, 0.29) is 16.4 Å². The van der Waals surface area contributed by atoms with Gasteiger partial charge in [-0.25, -0.2) is 8.42 Å². The number of hydrogen-bond acceptors (Lipinski definition) is 3. The Bertz CT molecular complexity index is 1150. The second-order valence-corrected chi connectivity index (χ2v) is 9.03. The lowest BCUT2D eigenvalue weighted by atomic mass is 10.1. The van der Waals surface area contributed by atoms with E-state index in [9.17, 15) is 13.2 Å². The Balaban J connectivity index is 1.94. The molecule has 0 unspecified atom stereocenters. The maximum Gasteiger partial charge on any atom is 0.264 e. The Morgan fingerprint density at radius 1 is 0.862 bits per heavy atom.